The van der Waals surface area contributed by atoms with Gasteiger partial charge in [-0.15, -0.1) is 0 Å². The van der Waals surface area contributed by atoms with Gasteiger partial charge >= 0.3 is 5.97 Å². The maximum atomic E-state index is 14.2. The Morgan fingerprint density at radius 3 is 2.86 bits per heavy atom. The van der Waals surface area contributed by atoms with Crippen molar-refractivity contribution in [3.63, 3.8) is 0 Å². The molecular formula is C21H15ClFN3O2. The lowest BCUT2D eigenvalue weighted by molar-refractivity contribution is 0.0593. The number of carbonyl (C=O) groups excluding carboxylic acids is 1. The van der Waals surface area contributed by atoms with E-state index in [9.17, 15) is 9.18 Å². The summed E-state index contributed by atoms with van der Waals surface area (Å²) in [6, 6.07) is 11.9. The van der Waals surface area contributed by atoms with E-state index in [-0.39, 0.29) is 10.7 Å². The lowest BCUT2D eigenvalue weighted by Gasteiger charge is -2.07. The van der Waals surface area contributed by atoms with E-state index < -0.39 is 11.8 Å². The molecule has 0 unspecified atom stereocenters. The monoisotopic (exact) mass is 395 g/mol. The van der Waals surface area contributed by atoms with Gasteiger partial charge in [0.1, 0.15) is 11.5 Å². The molecule has 140 valence electrons. The second-order valence-electron chi connectivity index (χ2n) is 6.21. The number of fused-ring (bicyclic) bond motifs is 1. The van der Waals surface area contributed by atoms with Crippen molar-refractivity contribution >= 4 is 28.5 Å². The molecule has 0 bridgehead atoms. The fraction of sp³-hybridized carbons (Fsp3) is 0.0952. The first-order valence-electron chi connectivity index (χ1n) is 8.51. The first-order chi connectivity index (χ1) is 13.6. The Morgan fingerprint density at radius 1 is 1.25 bits per heavy atom. The molecule has 0 aliphatic rings. The Morgan fingerprint density at radius 2 is 2.11 bits per heavy atom. The van der Waals surface area contributed by atoms with Crippen molar-refractivity contribution in [3.8, 4) is 11.3 Å². The van der Waals surface area contributed by atoms with E-state index in [2.05, 4.69) is 15.0 Å². The summed E-state index contributed by atoms with van der Waals surface area (Å²) in [4.78, 5) is 23.6. The minimum absolute atomic E-state index is 0.0452. The van der Waals surface area contributed by atoms with Gasteiger partial charge in [0.2, 0.25) is 0 Å². The highest BCUT2D eigenvalue weighted by Gasteiger charge is 2.17. The number of rotatable bonds is 4. The van der Waals surface area contributed by atoms with Crippen molar-refractivity contribution in [1.29, 1.82) is 0 Å². The van der Waals surface area contributed by atoms with E-state index in [4.69, 9.17) is 16.3 Å². The molecule has 1 N–H and O–H groups in total. The molecule has 4 aromatic rings. The SMILES string of the molecule is COC(=O)c1cccc(Cc2c(-c3cccnc3)[nH]c3cc(Cl)c(F)cc23)n1. The maximum Gasteiger partial charge on any atom is 0.356 e. The quantitative estimate of drug-likeness (QED) is 0.504. The normalized spacial score (nSPS) is 11.0. The number of benzene rings is 1. The molecule has 3 heterocycles. The second-order valence-corrected chi connectivity index (χ2v) is 6.62. The van der Waals surface area contributed by atoms with Crippen LogP contribution in [-0.4, -0.2) is 28.0 Å². The number of ether oxygens (including phenoxy) is 1. The first-order valence-corrected chi connectivity index (χ1v) is 8.89. The summed E-state index contributed by atoms with van der Waals surface area (Å²) < 4.78 is 18.9. The van der Waals surface area contributed by atoms with Crippen LogP contribution in [0.2, 0.25) is 5.02 Å². The van der Waals surface area contributed by atoms with Gasteiger partial charge in [-0.3, -0.25) is 4.98 Å². The Hall–Kier alpha value is -3.25. The van der Waals surface area contributed by atoms with Crippen LogP contribution in [0.1, 0.15) is 21.7 Å². The van der Waals surface area contributed by atoms with E-state index in [0.717, 1.165) is 16.8 Å². The van der Waals surface area contributed by atoms with Crippen molar-refractivity contribution in [3.05, 3.63) is 82.6 Å². The van der Waals surface area contributed by atoms with Crippen LogP contribution in [0.4, 0.5) is 4.39 Å². The van der Waals surface area contributed by atoms with Gasteiger partial charge in [0.05, 0.1) is 17.8 Å². The van der Waals surface area contributed by atoms with Gasteiger partial charge in [0.25, 0.3) is 0 Å². The second kappa shape index (κ2) is 7.40. The number of methoxy groups -OCH3 is 1. The molecule has 0 radical (unpaired) electrons. The number of nitrogens with zero attached hydrogens (tertiary/aromatic N) is 2. The summed E-state index contributed by atoms with van der Waals surface area (Å²) in [5.74, 6) is -1.01. The number of H-pyrrole nitrogens is 1. The summed E-state index contributed by atoms with van der Waals surface area (Å²) in [5, 5.41) is 0.745. The highest BCUT2D eigenvalue weighted by atomic mass is 35.5. The predicted octanol–water partition coefficient (Wildman–Crippen LogP) is 4.79. The maximum absolute atomic E-state index is 14.2. The lowest BCUT2D eigenvalue weighted by atomic mass is 10.0. The molecule has 4 rings (SSSR count). The summed E-state index contributed by atoms with van der Waals surface area (Å²) in [7, 11) is 1.31. The van der Waals surface area contributed by atoms with Crippen molar-refractivity contribution < 1.29 is 13.9 Å². The number of aromatic nitrogens is 3. The third-order valence-corrected chi connectivity index (χ3v) is 4.75. The Balaban J connectivity index is 1.87. The summed E-state index contributed by atoms with van der Waals surface area (Å²) >= 11 is 5.96. The molecule has 0 amide bonds. The van der Waals surface area contributed by atoms with Crippen LogP contribution in [0.25, 0.3) is 22.2 Å². The molecule has 7 heteroatoms. The predicted molar refractivity (Wildman–Crippen MR) is 105 cm³/mol. The Kier molecular flexibility index (Phi) is 4.79. The molecule has 5 nitrogen and oxygen atoms in total. The van der Waals surface area contributed by atoms with Gasteiger partial charge in [0.15, 0.2) is 0 Å². The lowest BCUT2D eigenvalue weighted by Crippen LogP contribution is -2.06. The minimum Gasteiger partial charge on any atom is -0.464 e. The van der Waals surface area contributed by atoms with Gasteiger partial charge < -0.3 is 9.72 Å². The van der Waals surface area contributed by atoms with Crippen LogP contribution >= 0.6 is 11.6 Å². The van der Waals surface area contributed by atoms with Crippen LogP contribution in [0.3, 0.4) is 0 Å². The fourth-order valence-electron chi connectivity index (χ4n) is 3.16. The molecule has 0 saturated carbocycles. The molecule has 0 aliphatic carbocycles. The zero-order valence-electron chi connectivity index (χ0n) is 14.9. The number of esters is 1. The number of nitrogens with one attached hydrogen (secondary N) is 1. The number of hydrogen-bond donors (Lipinski definition) is 1. The third-order valence-electron chi connectivity index (χ3n) is 4.46. The molecule has 0 fully saturated rings. The topological polar surface area (TPSA) is 67.9 Å². The molecule has 0 spiro atoms. The van der Waals surface area contributed by atoms with E-state index >= 15 is 0 Å². The van der Waals surface area contributed by atoms with Crippen LogP contribution in [0, 0.1) is 5.82 Å². The van der Waals surface area contributed by atoms with Crippen LogP contribution in [-0.2, 0) is 11.2 Å². The minimum atomic E-state index is -0.508. The van der Waals surface area contributed by atoms with Gasteiger partial charge in [0, 0.05) is 41.0 Å². The van der Waals surface area contributed by atoms with Crippen molar-refractivity contribution in [1.82, 2.24) is 15.0 Å². The van der Waals surface area contributed by atoms with Crippen LogP contribution in [0.15, 0.2) is 54.9 Å². The van der Waals surface area contributed by atoms with Gasteiger partial charge in [-0.25, -0.2) is 14.2 Å². The van der Waals surface area contributed by atoms with E-state index in [1.165, 1.54) is 13.2 Å². The number of carbonyl (C=O) groups is 1. The Bertz CT molecular complexity index is 1180. The molecule has 0 aliphatic heterocycles. The van der Waals surface area contributed by atoms with E-state index in [0.29, 0.717) is 23.0 Å². The first kappa shape index (κ1) is 18.1. The standard InChI is InChI=1S/C21H15ClFN3O2/c1-28-21(27)18-6-2-5-13(25-18)8-15-14-9-17(23)16(22)10-19(14)26-20(15)12-4-3-7-24-11-12/h2-7,9-11,26H,8H2,1H3. The highest BCUT2D eigenvalue weighted by Crippen LogP contribution is 2.34. The smallest absolute Gasteiger partial charge is 0.356 e. The molecule has 0 atom stereocenters. The van der Waals surface area contributed by atoms with E-state index in [1.54, 1.807) is 30.6 Å². The molecule has 0 saturated heterocycles. The van der Waals surface area contributed by atoms with Crippen molar-refractivity contribution in [2.75, 3.05) is 7.11 Å². The number of halogens is 2. The third kappa shape index (κ3) is 3.34. The highest BCUT2D eigenvalue weighted by molar-refractivity contribution is 6.31. The zero-order valence-corrected chi connectivity index (χ0v) is 15.6. The fourth-order valence-corrected chi connectivity index (χ4v) is 3.33. The van der Waals surface area contributed by atoms with E-state index in [1.807, 2.05) is 18.2 Å². The summed E-state index contributed by atoms with van der Waals surface area (Å²) in [5.41, 5.74) is 4.09. The molecule has 3 aromatic heterocycles. The average molecular weight is 396 g/mol. The van der Waals surface area contributed by atoms with Crippen molar-refractivity contribution in [2.24, 2.45) is 0 Å². The van der Waals surface area contributed by atoms with Gasteiger partial charge in [-0.2, -0.15) is 0 Å². The van der Waals surface area contributed by atoms with Gasteiger partial charge in [-0.05, 0) is 42.0 Å². The molecule has 28 heavy (non-hydrogen) atoms. The summed E-state index contributed by atoms with van der Waals surface area (Å²) in [6.07, 6.45) is 3.80. The summed E-state index contributed by atoms with van der Waals surface area (Å²) in [6.45, 7) is 0. The zero-order chi connectivity index (χ0) is 19.7. The Labute approximate surface area is 165 Å². The number of aromatic amines is 1. The van der Waals surface area contributed by atoms with Gasteiger partial charge in [-0.1, -0.05) is 17.7 Å². The largest absolute Gasteiger partial charge is 0.464 e. The van der Waals surface area contributed by atoms with Crippen molar-refractivity contribution in [2.45, 2.75) is 6.42 Å². The average Bonchev–Trinajstić information content (AvgIpc) is 3.06. The van der Waals surface area contributed by atoms with Crippen LogP contribution < -0.4 is 0 Å². The molecule has 1 aromatic carbocycles. The van der Waals surface area contributed by atoms with Crippen LogP contribution in [0.5, 0.6) is 0 Å². The number of pyridine rings is 2. The number of hydrogen-bond acceptors (Lipinski definition) is 4. The molecular weight excluding hydrogens is 381 g/mol.